The van der Waals surface area contributed by atoms with E-state index in [2.05, 4.69) is 10.3 Å². The lowest BCUT2D eigenvalue weighted by Gasteiger charge is -2.33. The summed E-state index contributed by atoms with van der Waals surface area (Å²) in [7, 11) is 0. The Balaban J connectivity index is 1.76. The summed E-state index contributed by atoms with van der Waals surface area (Å²) in [6.07, 6.45) is 2.14. The number of ketones is 1. The predicted molar refractivity (Wildman–Crippen MR) is 100 cm³/mol. The number of hydrogen-bond donors (Lipinski definition) is 1. The fourth-order valence-corrected chi connectivity index (χ4v) is 4.06. The molecular formula is C20H16N4O3. The largest absolute Gasteiger partial charge is 0.329 e. The Morgan fingerprint density at radius 3 is 2.67 bits per heavy atom. The van der Waals surface area contributed by atoms with Crippen LogP contribution < -0.4 is 5.32 Å². The fraction of sp³-hybridized carbons (Fsp3) is 0.200. The molecule has 7 heteroatoms. The number of carbonyl (C=O) groups excluding carboxylic acids is 1. The zero-order valence-corrected chi connectivity index (χ0v) is 14.4. The summed E-state index contributed by atoms with van der Waals surface area (Å²) < 4.78 is 2.03. The lowest BCUT2D eigenvalue weighted by Crippen LogP contribution is -2.30. The van der Waals surface area contributed by atoms with Crippen molar-refractivity contribution in [2.24, 2.45) is 0 Å². The Kier molecular flexibility index (Phi) is 3.36. The number of Topliss-reactive ketones (excluding diaryl/α,β-unsaturated/α-hetero) is 1. The molecule has 2 heterocycles. The van der Waals surface area contributed by atoms with E-state index < -0.39 is 4.92 Å². The van der Waals surface area contributed by atoms with Crippen molar-refractivity contribution in [1.82, 2.24) is 9.55 Å². The average molecular weight is 360 g/mol. The molecule has 0 bridgehead atoms. The lowest BCUT2D eigenvalue weighted by atomic mass is 9.85. The molecule has 7 nitrogen and oxygen atoms in total. The number of hydrogen-bond acceptors (Lipinski definition) is 5. The molecule has 0 saturated carbocycles. The molecule has 5 rings (SSSR count). The van der Waals surface area contributed by atoms with Crippen molar-refractivity contribution in [2.45, 2.75) is 25.3 Å². The molecule has 0 radical (unpaired) electrons. The maximum atomic E-state index is 12.8. The summed E-state index contributed by atoms with van der Waals surface area (Å²) in [5.41, 5.74) is 4.30. The first-order valence-electron chi connectivity index (χ1n) is 8.88. The topological polar surface area (TPSA) is 90.1 Å². The van der Waals surface area contributed by atoms with Crippen molar-refractivity contribution >= 4 is 28.5 Å². The number of allylic oxidation sites excluding steroid dienone is 2. The molecule has 0 saturated heterocycles. The van der Waals surface area contributed by atoms with E-state index in [1.165, 1.54) is 12.1 Å². The van der Waals surface area contributed by atoms with Gasteiger partial charge in [-0.25, -0.2) is 4.98 Å². The number of imidazole rings is 1. The summed E-state index contributed by atoms with van der Waals surface area (Å²) in [5.74, 6) is 0.823. The third-order valence-corrected chi connectivity index (χ3v) is 5.27. The van der Waals surface area contributed by atoms with Crippen LogP contribution >= 0.6 is 0 Å². The second-order valence-corrected chi connectivity index (χ2v) is 6.84. The summed E-state index contributed by atoms with van der Waals surface area (Å²) in [6.45, 7) is 0. The molecule has 2 aliphatic rings. The Morgan fingerprint density at radius 2 is 1.89 bits per heavy atom. The molecule has 0 amide bonds. The molecule has 2 aromatic carbocycles. The van der Waals surface area contributed by atoms with Crippen LogP contribution in [0.5, 0.6) is 0 Å². The van der Waals surface area contributed by atoms with Gasteiger partial charge < -0.3 is 5.32 Å². The van der Waals surface area contributed by atoms with Crippen LogP contribution in [-0.2, 0) is 4.79 Å². The van der Waals surface area contributed by atoms with E-state index in [1.807, 2.05) is 28.8 Å². The minimum Gasteiger partial charge on any atom is -0.329 e. The average Bonchev–Trinajstić information content (AvgIpc) is 3.05. The van der Waals surface area contributed by atoms with Crippen LogP contribution in [0, 0.1) is 10.1 Å². The number of para-hydroxylation sites is 2. The first kappa shape index (κ1) is 15.7. The van der Waals surface area contributed by atoms with Crippen LogP contribution in [0.15, 0.2) is 59.8 Å². The Hall–Kier alpha value is -3.48. The van der Waals surface area contributed by atoms with E-state index in [-0.39, 0.29) is 17.5 Å². The number of non-ortho nitro benzene ring substituents is 1. The smallest absolute Gasteiger partial charge is 0.269 e. The number of anilines is 1. The second kappa shape index (κ2) is 5.77. The summed E-state index contributed by atoms with van der Waals surface area (Å²) in [4.78, 5) is 28.1. The standard InChI is InChI=1S/C20H16N4O3/c25-17-7-3-5-15-18(17)19(12-8-10-13(11-9-12)24(26)27)23-16-6-2-1-4-14(16)21-20(23)22-15/h1-2,4,6,8-11,19H,3,5,7H2,(H,21,22)/t19-/m1/s1. The number of rotatable bonds is 2. The zero-order chi connectivity index (χ0) is 18.5. The molecule has 134 valence electrons. The quantitative estimate of drug-likeness (QED) is 0.552. The predicted octanol–water partition coefficient (Wildman–Crippen LogP) is 3.97. The molecule has 1 aliphatic carbocycles. The van der Waals surface area contributed by atoms with Gasteiger partial charge in [0.05, 0.1) is 22.0 Å². The van der Waals surface area contributed by atoms with Crippen molar-refractivity contribution in [2.75, 3.05) is 5.32 Å². The Labute approximate surface area is 154 Å². The molecule has 0 fully saturated rings. The van der Waals surface area contributed by atoms with Gasteiger partial charge in [-0.1, -0.05) is 12.1 Å². The third kappa shape index (κ3) is 2.35. The van der Waals surface area contributed by atoms with E-state index in [0.29, 0.717) is 12.4 Å². The van der Waals surface area contributed by atoms with Gasteiger partial charge in [0.1, 0.15) is 0 Å². The fourth-order valence-electron chi connectivity index (χ4n) is 4.06. The van der Waals surface area contributed by atoms with E-state index in [0.717, 1.165) is 40.7 Å². The second-order valence-electron chi connectivity index (χ2n) is 6.84. The Bertz CT molecular complexity index is 1130. The molecular weight excluding hydrogens is 344 g/mol. The van der Waals surface area contributed by atoms with Crippen molar-refractivity contribution in [3.63, 3.8) is 0 Å². The molecule has 0 unspecified atom stereocenters. The van der Waals surface area contributed by atoms with Gasteiger partial charge in [0.2, 0.25) is 5.95 Å². The van der Waals surface area contributed by atoms with Crippen molar-refractivity contribution in [3.05, 3.63) is 75.5 Å². The van der Waals surface area contributed by atoms with Crippen molar-refractivity contribution < 1.29 is 9.72 Å². The van der Waals surface area contributed by atoms with Gasteiger partial charge in [-0.15, -0.1) is 0 Å². The molecule has 27 heavy (non-hydrogen) atoms. The lowest BCUT2D eigenvalue weighted by molar-refractivity contribution is -0.384. The SMILES string of the molecule is O=C1CCCC2=C1[C@@H](c1ccc([N+](=O)[O-])cc1)n1c(nc3ccccc31)N2. The van der Waals surface area contributed by atoms with E-state index in [9.17, 15) is 14.9 Å². The highest BCUT2D eigenvalue weighted by molar-refractivity contribution is 6.00. The van der Waals surface area contributed by atoms with Gasteiger partial charge in [-0.2, -0.15) is 0 Å². The van der Waals surface area contributed by atoms with Gasteiger partial charge >= 0.3 is 0 Å². The van der Waals surface area contributed by atoms with E-state index >= 15 is 0 Å². The number of nitro benzene ring substituents is 1. The molecule has 1 N–H and O–H groups in total. The molecule has 1 atom stereocenters. The highest BCUT2D eigenvalue weighted by atomic mass is 16.6. The highest BCUT2D eigenvalue weighted by Crippen LogP contribution is 2.42. The molecule has 1 aromatic heterocycles. The number of aromatic nitrogens is 2. The van der Waals surface area contributed by atoms with Crippen LogP contribution in [0.2, 0.25) is 0 Å². The minimum absolute atomic E-state index is 0.0348. The van der Waals surface area contributed by atoms with Crippen LogP contribution in [0.1, 0.15) is 30.9 Å². The van der Waals surface area contributed by atoms with Gasteiger partial charge in [-0.3, -0.25) is 19.5 Å². The van der Waals surface area contributed by atoms with E-state index in [4.69, 9.17) is 0 Å². The summed E-state index contributed by atoms with van der Waals surface area (Å²) in [6, 6.07) is 13.9. The van der Waals surface area contributed by atoms with Gasteiger partial charge in [0.15, 0.2) is 5.78 Å². The first-order chi connectivity index (χ1) is 13.1. The van der Waals surface area contributed by atoms with Crippen molar-refractivity contribution in [1.29, 1.82) is 0 Å². The first-order valence-corrected chi connectivity index (χ1v) is 8.88. The number of fused-ring (bicyclic) bond motifs is 3. The van der Waals surface area contributed by atoms with Gasteiger partial charge in [-0.05, 0) is 42.7 Å². The minimum atomic E-state index is -0.416. The number of nitrogens with one attached hydrogen (secondary N) is 1. The molecule has 0 spiro atoms. The highest BCUT2D eigenvalue weighted by Gasteiger charge is 2.36. The zero-order valence-electron chi connectivity index (χ0n) is 14.4. The summed E-state index contributed by atoms with van der Waals surface area (Å²) >= 11 is 0. The van der Waals surface area contributed by atoms with Crippen LogP contribution in [0.25, 0.3) is 11.0 Å². The van der Waals surface area contributed by atoms with Gasteiger partial charge in [0, 0.05) is 29.8 Å². The maximum absolute atomic E-state index is 12.8. The van der Waals surface area contributed by atoms with Crippen LogP contribution in [0.4, 0.5) is 11.6 Å². The number of nitrogens with zero attached hydrogens (tertiary/aromatic N) is 3. The Morgan fingerprint density at radius 1 is 1.11 bits per heavy atom. The maximum Gasteiger partial charge on any atom is 0.269 e. The normalized spacial score (nSPS) is 18.8. The van der Waals surface area contributed by atoms with E-state index in [1.54, 1.807) is 12.1 Å². The number of benzene rings is 2. The van der Waals surface area contributed by atoms with Crippen molar-refractivity contribution in [3.8, 4) is 0 Å². The third-order valence-electron chi connectivity index (χ3n) is 5.27. The monoisotopic (exact) mass is 360 g/mol. The van der Waals surface area contributed by atoms with Crippen LogP contribution in [-0.4, -0.2) is 20.3 Å². The number of nitro groups is 1. The number of carbonyl (C=O) groups is 1. The summed E-state index contributed by atoms with van der Waals surface area (Å²) in [5, 5.41) is 14.4. The van der Waals surface area contributed by atoms with Crippen LogP contribution in [0.3, 0.4) is 0 Å². The molecule has 1 aliphatic heterocycles. The van der Waals surface area contributed by atoms with Gasteiger partial charge in [0.25, 0.3) is 5.69 Å². The molecule has 3 aromatic rings.